The molecule has 1 atom stereocenters. The predicted molar refractivity (Wildman–Crippen MR) is 51.5 cm³/mol. The average molecular weight is 204 g/mol. The second-order valence-electron chi connectivity index (χ2n) is 2.99. The van der Waals surface area contributed by atoms with Crippen molar-refractivity contribution in [1.29, 1.82) is 5.26 Å². The topological polar surface area (TPSA) is 61.2 Å². The van der Waals surface area contributed by atoms with Gasteiger partial charge in [-0.25, -0.2) is 8.42 Å². The number of unbranched alkanes of at least 4 members (excludes halogenated alkanes) is 1. The lowest BCUT2D eigenvalue weighted by Gasteiger charge is -2.18. The molecule has 0 fully saturated rings. The summed E-state index contributed by atoms with van der Waals surface area (Å²) >= 11 is 0. The van der Waals surface area contributed by atoms with Gasteiger partial charge in [-0.2, -0.15) is 9.57 Å². The number of rotatable bonds is 5. The van der Waals surface area contributed by atoms with E-state index in [1.54, 1.807) is 6.92 Å². The largest absolute Gasteiger partial charge is 0.215 e. The molecule has 0 amide bonds. The fourth-order valence-corrected chi connectivity index (χ4v) is 2.26. The molecule has 1 unspecified atom stereocenters. The summed E-state index contributed by atoms with van der Waals surface area (Å²) in [6, 6.07) is 1.31. The highest BCUT2D eigenvalue weighted by Gasteiger charge is 2.21. The van der Waals surface area contributed by atoms with Crippen LogP contribution in [0.3, 0.4) is 0 Å². The highest BCUT2D eigenvalue weighted by molar-refractivity contribution is 7.89. The third kappa shape index (κ3) is 3.75. The fraction of sp³-hybridized carbons (Fsp3) is 0.875. The molecule has 76 valence electrons. The summed E-state index contributed by atoms with van der Waals surface area (Å²) in [6.45, 7) is 3.51. The lowest BCUT2D eigenvalue weighted by atomic mass is 10.4. The fourth-order valence-electron chi connectivity index (χ4n) is 0.793. The van der Waals surface area contributed by atoms with Crippen LogP contribution < -0.4 is 0 Å². The Labute approximate surface area is 80.2 Å². The van der Waals surface area contributed by atoms with Crippen molar-refractivity contribution in [2.45, 2.75) is 32.7 Å². The Hall–Kier alpha value is -0.600. The van der Waals surface area contributed by atoms with Gasteiger partial charge in [-0.3, -0.25) is 0 Å². The van der Waals surface area contributed by atoms with Gasteiger partial charge in [-0.1, -0.05) is 13.3 Å². The van der Waals surface area contributed by atoms with Crippen molar-refractivity contribution in [3.05, 3.63) is 0 Å². The summed E-state index contributed by atoms with van der Waals surface area (Å²) in [7, 11) is -1.78. The van der Waals surface area contributed by atoms with Crippen molar-refractivity contribution in [2.24, 2.45) is 0 Å². The minimum atomic E-state index is -3.22. The zero-order valence-electron chi connectivity index (χ0n) is 8.32. The summed E-state index contributed by atoms with van der Waals surface area (Å²) in [5.74, 6) is 0.131. The normalized spacial score (nSPS) is 14.1. The van der Waals surface area contributed by atoms with Gasteiger partial charge in [0.2, 0.25) is 10.0 Å². The SMILES string of the molecule is CCCCS(=O)(=O)N(C)C(C)C#N. The van der Waals surface area contributed by atoms with Gasteiger partial charge in [-0.05, 0) is 13.3 Å². The quantitative estimate of drug-likeness (QED) is 0.670. The van der Waals surface area contributed by atoms with Crippen LogP contribution in [-0.4, -0.2) is 31.6 Å². The molecule has 0 radical (unpaired) electrons. The van der Waals surface area contributed by atoms with Crippen LogP contribution in [0.25, 0.3) is 0 Å². The smallest absolute Gasteiger partial charge is 0.212 e. The summed E-state index contributed by atoms with van der Waals surface area (Å²) in [5, 5.41) is 8.54. The third-order valence-electron chi connectivity index (χ3n) is 1.93. The molecule has 0 N–H and O–H groups in total. The van der Waals surface area contributed by atoms with Crippen molar-refractivity contribution in [1.82, 2.24) is 4.31 Å². The standard InChI is InChI=1S/C8H16N2O2S/c1-4-5-6-13(11,12)10(3)8(2)7-9/h8H,4-6H2,1-3H3. The van der Waals surface area contributed by atoms with Gasteiger partial charge in [0.15, 0.2) is 0 Å². The Morgan fingerprint density at radius 3 is 2.46 bits per heavy atom. The molecule has 0 heterocycles. The molecular formula is C8H16N2O2S. The first kappa shape index (κ1) is 12.4. The Kier molecular flexibility index (Phi) is 4.96. The number of nitriles is 1. The van der Waals surface area contributed by atoms with E-state index in [2.05, 4.69) is 0 Å². The maximum absolute atomic E-state index is 11.5. The van der Waals surface area contributed by atoms with E-state index in [4.69, 9.17) is 5.26 Å². The van der Waals surface area contributed by atoms with Gasteiger partial charge >= 0.3 is 0 Å². The van der Waals surface area contributed by atoms with E-state index in [-0.39, 0.29) is 5.75 Å². The molecule has 0 aliphatic rings. The molecule has 0 rings (SSSR count). The van der Waals surface area contributed by atoms with Gasteiger partial charge in [0, 0.05) is 7.05 Å². The molecule has 13 heavy (non-hydrogen) atoms. The number of hydrogen-bond acceptors (Lipinski definition) is 3. The van der Waals surface area contributed by atoms with Crippen LogP contribution in [0.4, 0.5) is 0 Å². The van der Waals surface area contributed by atoms with Gasteiger partial charge in [0.1, 0.15) is 6.04 Å². The molecule has 0 saturated carbocycles. The molecule has 0 aliphatic carbocycles. The molecule has 0 aliphatic heterocycles. The lowest BCUT2D eigenvalue weighted by Crippen LogP contribution is -2.35. The summed E-state index contributed by atoms with van der Waals surface area (Å²) in [6.07, 6.45) is 1.48. The summed E-state index contributed by atoms with van der Waals surface area (Å²) in [4.78, 5) is 0. The minimum absolute atomic E-state index is 0.131. The summed E-state index contributed by atoms with van der Waals surface area (Å²) < 4.78 is 24.1. The van der Waals surface area contributed by atoms with Crippen LogP contribution in [-0.2, 0) is 10.0 Å². The second kappa shape index (κ2) is 5.20. The van der Waals surface area contributed by atoms with E-state index in [1.165, 1.54) is 7.05 Å². The lowest BCUT2D eigenvalue weighted by molar-refractivity contribution is 0.440. The highest BCUT2D eigenvalue weighted by Crippen LogP contribution is 2.06. The predicted octanol–water partition coefficient (Wildman–Crippen LogP) is 0.960. The average Bonchev–Trinajstić information content (AvgIpc) is 2.12. The maximum Gasteiger partial charge on any atom is 0.215 e. The molecule has 4 nitrogen and oxygen atoms in total. The first-order valence-corrected chi connectivity index (χ1v) is 5.92. The van der Waals surface area contributed by atoms with Crippen LogP contribution in [0.5, 0.6) is 0 Å². The van der Waals surface area contributed by atoms with Crippen molar-refractivity contribution in [2.75, 3.05) is 12.8 Å². The number of nitrogens with zero attached hydrogens (tertiary/aromatic N) is 2. The van der Waals surface area contributed by atoms with E-state index in [0.29, 0.717) is 6.42 Å². The zero-order valence-corrected chi connectivity index (χ0v) is 9.13. The van der Waals surface area contributed by atoms with Crippen LogP contribution >= 0.6 is 0 Å². The van der Waals surface area contributed by atoms with Crippen molar-refractivity contribution in [3.63, 3.8) is 0 Å². The van der Waals surface area contributed by atoms with Crippen LogP contribution in [0, 0.1) is 11.3 Å². The first-order valence-electron chi connectivity index (χ1n) is 4.31. The molecule has 0 spiro atoms. The number of hydrogen-bond donors (Lipinski definition) is 0. The minimum Gasteiger partial charge on any atom is -0.212 e. The summed E-state index contributed by atoms with van der Waals surface area (Å²) in [5.41, 5.74) is 0. The van der Waals surface area contributed by atoms with E-state index < -0.39 is 16.1 Å². The van der Waals surface area contributed by atoms with E-state index >= 15 is 0 Å². The third-order valence-corrected chi connectivity index (χ3v) is 3.93. The number of sulfonamides is 1. The monoisotopic (exact) mass is 204 g/mol. The van der Waals surface area contributed by atoms with Crippen LogP contribution in [0.15, 0.2) is 0 Å². The van der Waals surface area contributed by atoms with Crippen molar-refractivity contribution >= 4 is 10.0 Å². The molecule has 0 aromatic rings. The highest BCUT2D eigenvalue weighted by atomic mass is 32.2. The van der Waals surface area contributed by atoms with Gasteiger partial charge in [0.05, 0.1) is 11.8 Å². The molecule has 5 heteroatoms. The van der Waals surface area contributed by atoms with Crippen molar-refractivity contribution < 1.29 is 8.42 Å². The van der Waals surface area contributed by atoms with Crippen LogP contribution in [0.2, 0.25) is 0 Å². The Morgan fingerprint density at radius 1 is 1.54 bits per heavy atom. The maximum atomic E-state index is 11.5. The molecular weight excluding hydrogens is 188 g/mol. The Balaban J connectivity index is 4.39. The van der Waals surface area contributed by atoms with Crippen LogP contribution in [0.1, 0.15) is 26.7 Å². The first-order chi connectivity index (χ1) is 5.95. The molecule has 0 bridgehead atoms. The van der Waals surface area contributed by atoms with E-state index in [0.717, 1.165) is 10.7 Å². The molecule has 0 aromatic carbocycles. The Bertz CT molecular complexity index is 279. The Morgan fingerprint density at radius 2 is 2.08 bits per heavy atom. The van der Waals surface area contributed by atoms with Gasteiger partial charge in [-0.15, -0.1) is 0 Å². The molecule has 0 saturated heterocycles. The van der Waals surface area contributed by atoms with Gasteiger partial charge < -0.3 is 0 Å². The van der Waals surface area contributed by atoms with Crippen molar-refractivity contribution in [3.8, 4) is 6.07 Å². The van der Waals surface area contributed by atoms with Gasteiger partial charge in [0.25, 0.3) is 0 Å². The second-order valence-corrected chi connectivity index (χ2v) is 5.14. The zero-order chi connectivity index (χ0) is 10.5. The van der Waals surface area contributed by atoms with E-state index in [9.17, 15) is 8.42 Å². The molecule has 0 aromatic heterocycles. The van der Waals surface area contributed by atoms with E-state index in [1.807, 2.05) is 13.0 Å².